The van der Waals surface area contributed by atoms with Crippen LogP contribution in [0.25, 0.3) is 0 Å². The van der Waals surface area contributed by atoms with Crippen LogP contribution < -0.4 is 5.32 Å². The Hall–Kier alpha value is -0.830. The van der Waals surface area contributed by atoms with Crippen molar-refractivity contribution in [2.45, 2.75) is 52.1 Å². The molecule has 3 heteroatoms. The van der Waals surface area contributed by atoms with Crippen LogP contribution in [0.5, 0.6) is 0 Å². The summed E-state index contributed by atoms with van der Waals surface area (Å²) in [5, 5.41) is 7.73. The summed E-state index contributed by atoms with van der Waals surface area (Å²) in [5.74, 6) is 0. The van der Waals surface area contributed by atoms with E-state index in [2.05, 4.69) is 24.3 Å². The molecule has 0 aliphatic heterocycles. The lowest BCUT2D eigenvalue weighted by molar-refractivity contribution is 0.452. The first-order valence-corrected chi connectivity index (χ1v) is 6.03. The molecule has 0 aliphatic carbocycles. The molecular formula is C12H23N3. The first-order valence-electron chi connectivity index (χ1n) is 6.03. The molecule has 15 heavy (non-hydrogen) atoms. The Morgan fingerprint density at radius 3 is 2.93 bits per heavy atom. The molecule has 0 amide bonds. The van der Waals surface area contributed by atoms with E-state index in [1.54, 1.807) is 0 Å². The number of aryl methyl sites for hydroxylation is 1. The highest BCUT2D eigenvalue weighted by molar-refractivity contribution is 4.78. The fourth-order valence-electron chi connectivity index (χ4n) is 1.58. The van der Waals surface area contributed by atoms with Gasteiger partial charge < -0.3 is 5.32 Å². The molecule has 1 aromatic heterocycles. The van der Waals surface area contributed by atoms with Crippen molar-refractivity contribution in [2.75, 3.05) is 6.54 Å². The lowest BCUT2D eigenvalue weighted by Gasteiger charge is -2.13. The molecule has 0 saturated carbocycles. The predicted molar refractivity (Wildman–Crippen MR) is 63.8 cm³/mol. The summed E-state index contributed by atoms with van der Waals surface area (Å²) in [6.45, 7) is 6.64. The third-order valence-corrected chi connectivity index (χ3v) is 2.62. The van der Waals surface area contributed by atoms with Crippen LogP contribution in [0.3, 0.4) is 0 Å². The summed E-state index contributed by atoms with van der Waals surface area (Å²) in [4.78, 5) is 0. The summed E-state index contributed by atoms with van der Waals surface area (Å²) < 4.78 is 1.99. The van der Waals surface area contributed by atoms with E-state index in [-0.39, 0.29) is 0 Å². The average Bonchev–Trinajstić information content (AvgIpc) is 2.74. The molecule has 3 nitrogen and oxygen atoms in total. The largest absolute Gasteiger partial charge is 0.314 e. The van der Waals surface area contributed by atoms with Gasteiger partial charge in [-0.15, -0.1) is 0 Å². The number of rotatable bonds is 8. The minimum absolute atomic E-state index is 0.589. The third kappa shape index (κ3) is 5.57. The van der Waals surface area contributed by atoms with Crippen molar-refractivity contribution < 1.29 is 0 Å². The molecule has 0 aromatic carbocycles. The standard InChI is InChI=1S/C12H23N3/c1-3-4-5-8-13-12(2)7-11-15-10-6-9-14-15/h6,9-10,12-13H,3-5,7-8,11H2,1-2H3. The monoisotopic (exact) mass is 209 g/mol. The molecule has 1 N–H and O–H groups in total. The summed E-state index contributed by atoms with van der Waals surface area (Å²) >= 11 is 0. The zero-order valence-electron chi connectivity index (χ0n) is 9.95. The molecule has 0 fully saturated rings. The SMILES string of the molecule is CCCCCNC(C)CCn1cccn1. The van der Waals surface area contributed by atoms with Crippen molar-refractivity contribution in [2.24, 2.45) is 0 Å². The van der Waals surface area contributed by atoms with Gasteiger partial charge in [0.1, 0.15) is 0 Å². The minimum atomic E-state index is 0.589. The fourth-order valence-corrected chi connectivity index (χ4v) is 1.58. The lowest BCUT2D eigenvalue weighted by atomic mass is 10.2. The number of nitrogens with one attached hydrogen (secondary N) is 1. The van der Waals surface area contributed by atoms with Crippen LogP contribution in [-0.4, -0.2) is 22.4 Å². The lowest BCUT2D eigenvalue weighted by Crippen LogP contribution is -2.28. The van der Waals surface area contributed by atoms with Crippen molar-refractivity contribution in [1.82, 2.24) is 15.1 Å². The number of aromatic nitrogens is 2. The second-order valence-corrected chi connectivity index (χ2v) is 4.12. The molecule has 0 spiro atoms. The quantitative estimate of drug-likeness (QED) is 0.666. The van der Waals surface area contributed by atoms with Gasteiger partial charge in [-0.1, -0.05) is 19.8 Å². The Morgan fingerprint density at radius 1 is 1.40 bits per heavy atom. The van der Waals surface area contributed by atoms with Gasteiger partial charge in [-0.3, -0.25) is 4.68 Å². The van der Waals surface area contributed by atoms with Gasteiger partial charge in [0, 0.05) is 25.0 Å². The van der Waals surface area contributed by atoms with Crippen LogP contribution in [-0.2, 0) is 6.54 Å². The Kier molecular flexibility index (Phi) is 6.09. The van der Waals surface area contributed by atoms with Crippen molar-refractivity contribution >= 4 is 0 Å². The highest BCUT2D eigenvalue weighted by atomic mass is 15.3. The van der Waals surface area contributed by atoms with Gasteiger partial charge in [0.15, 0.2) is 0 Å². The zero-order valence-corrected chi connectivity index (χ0v) is 9.95. The van der Waals surface area contributed by atoms with Crippen molar-refractivity contribution in [1.29, 1.82) is 0 Å². The van der Waals surface area contributed by atoms with Crippen molar-refractivity contribution in [3.63, 3.8) is 0 Å². The fraction of sp³-hybridized carbons (Fsp3) is 0.750. The Morgan fingerprint density at radius 2 is 2.27 bits per heavy atom. The minimum Gasteiger partial charge on any atom is -0.314 e. The first-order chi connectivity index (χ1) is 7.33. The van der Waals surface area contributed by atoms with E-state index >= 15 is 0 Å². The molecule has 1 unspecified atom stereocenters. The maximum absolute atomic E-state index is 4.19. The van der Waals surface area contributed by atoms with Gasteiger partial charge in [-0.05, 0) is 32.4 Å². The van der Waals surface area contributed by atoms with Crippen LogP contribution >= 0.6 is 0 Å². The Balaban J connectivity index is 2.01. The van der Waals surface area contributed by atoms with Crippen LogP contribution in [0, 0.1) is 0 Å². The number of nitrogens with zero attached hydrogens (tertiary/aromatic N) is 2. The second-order valence-electron chi connectivity index (χ2n) is 4.12. The molecule has 1 aromatic rings. The van der Waals surface area contributed by atoms with E-state index in [9.17, 15) is 0 Å². The topological polar surface area (TPSA) is 29.9 Å². The van der Waals surface area contributed by atoms with Gasteiger partial charge in [0.05, 0.1) is 0 Å². The van der Waals surface area contributed by atoms with Gasteiger partial charge in [-0.25, -0.2) is 0 Å². The van der Waals surface area contributed by atoms with E-state index in [0.717, 1.165) is 19.5 Å². The van der Waals surface area contributed by atoms with Crippen LogP contribution in [0.4, 0.5) is 0 Å². The first kappa shape index (κ1) is 12.2. The Bertz CT molecular complexity index is 231. The molecule has 0 saturated heterocycles. The molecule has 1 atom stereocenters. The summed E-state index contributed by atoms with van der Waals surface area (Å²) in [6, 6.07) is 2.56. The number of hydrogen-bond acceptors (Lipinski definition) is 2. The molecule has 0 aliphatic rings. The molecular weight excluding hydrogens is 186 g/mol. The maximum Gasteiger partial charge on any atom is 0.0489 e. The highest BCUT2D eigenvalue weighted by Crippen LogP contribution is 1.97. The summed E-state index contributed by atoms with van der Waals surface area (Å²) in [6.07, 6.45) is 8.92. The highest BCUT2D eigenvalue weighted by Gasteiger charge is 2.00. The van der Waals surface area contributed by atoms with E-state index in [1.807, 2.05) is 23.1 Å². The maximum atomic E-state index is 4.19. The van der Waals surface area contributed by atoms with Crippen LogP contribution in [0.1, 0.15) is 39.5 Å². The summed E-state index contributed by atoms with van der Waals surface area (Å²) in [7, 11) is 0. The van der Waals surface area contributed by atoms with Crippen LogP contribution in [0.2, 0.25) is 0 Å². The molecule has 1 rings (SSSR count). The third-order valence-electron chi connectivity index (χ3n) is 2.62. The molecule has 0 radical (unpaired) electrons. The zero-order chi connectivity index (χ0) is 10.9. The Labute approximate surface area is 92.9 Å². The van der Waals surface area contributed by atoms with E-state index < -0.39 is 0 Å². The molecule has 1 heterocycles. The average molecular weight is 209 g/mol. The molecule has 86 valence electrons. The van der Waals surface area contributed by atoms with Crippen molar-refractivity contribution in [3.8, 4) is 0 Å². The van der Waals surface area contributed by atoms with Gasteiger partial charge in [0.2, 0.25) is 0 Å². The number of hydrogen-bond donors (Lipinski definition) is 1. The van der Waals surface area contributed by atoms with Gasteiger partial charge >= 0.3 is 0 Å². The van der Waals surface area contributed by atoms with Gasteiger partial charge in [-0.2, -0.15) is 5.10 Å². The summed E-state index contributed by atoms with van der Waals surface area (Å²) in [5.41, 5.74) is 0. The predicted octanol–water partition coefficient (Wildman–Crippen LogP) is 2.44. The van der Waals surface area contributed by atoms with Crippen LogP contribution in [0.15, 0.2) is 18.5 Å². The second kappa shape index (κ2) is 7.46. The van der Waals surface area contributed by atoms with E-state index in [1.165, 1.54) is 19.3 Å². The number of unbranched alkanes of at least 4 members (excludes halogenated alkanes) is 2. The van der Waals surface area contributed by atoms with E-state index in [4.69, 9.17) is 0 Å². The molecule has 0 bridgehead atoms. The smallest absolute Gasteiger partial charge is 0.0489 e. The van der Waals surface area contributed by atoms with Gasteiger partial charge in [0.25, 0.3) is 0 Å². The van der Waals surface area contributed by atoms with E-state index in [0.29, 0.717) is 6.04 Å². The normalized spacial score (nSPS) is 12.9. The van der Waals surface area contributed by atoms with Crippen molar-refractivity contribution in [3.05, 3.63) is 18.5 Å².